The molecule has 5 heteroatoms. The molecule has 0 aromatic heterocycles. The fourth-order valence-corrected chi connectivity index (χ4v) is 3.29. The van der Waals surface area contributed by atoms with Crippen molar-refractivity contribution in [2.45, 2.75) is 39.9 Å². The number of nitrogens with zero attached hydrogens (tertiary/aromatic N) is 1. The average Bonchev–Trinajstić information content (AvgIpc) is 2.93. The van der Waals surface area contributed by atoms with Crippen molar-refractivity contribution in [3.8, 4) is 0 Å². The van der Waals surface area contributed by atoms with Crippen LogP contribution in [-0.2, 0) is 0 Å². The zero-order valence-electron chi connectivity index (χ0n) is 16.3. The Kier molecular flexibility index (Phi) is 5.49. The van der Waals surface area contributed by atoms with E-state index in [-0.39, 0.29) is 24.0 Å². The van der Waals surface area contributed by atoms with Gasteiger partial charge in [-0.3, -0.25) is 9.59 Å². The lowest BCUT2D eigenvalue weighted by Gasteiger charge is -2.30. The number of hydrogen-bond donors (Lipinski definition) is 2. The van der Waals surface area contributed by atoms with E-state index in [1.165, 1.54) is 0 Å². The van der Waals surface area contributed by atoms with Crippen molar-refractivity contribution in [3.63, 3.8) is 0 Å². The number of amides is 2. The number of nitrogens with one attached hydrogen (secondary N) is 2. The quantitative estimate of drug-likeness (QED) is 0.812. The molecular weight excluding hydrogens is 338 g/mol. The molecule has 0 fully saturated rings. The molecule has 27 heavy (non-hydrogen) atoms. The van der Waals surface area contributed by atoms with Crippen LogP contribution in [0.4, 0.5) is 5.69 Å². The van der Waals surface area contributed by atoms with Crippen molar-refractivity contribution in [2.75, 3.05) is 11.9 Å². The van der Waals surface area contributed by atoms with Crippen LogP contribution in [0.15, 0.2) is 48.5 Å². The van der Waals surface area contributed by atoms with E-state index in [1.807, 2.05) is 55.1 Å². The molecule has 0 saturated heterocycles. The predicted molar refractivity (Wildman–Crippen MR) is 108 cm³/mol. The summed E-state index contributed by atoms with van der Waals surface area (Å²) in [6.07, 6.45) is -0.214. The molecule has 0 radical (unpaired) electrons. The fourth-order valence-electron chi connectivity index (χ4n) is 3.29. The van der Waals surface area contributed by atoms with Gasteiger partial charge in [-0.2, -0.15) is 0 Å². The first-order valence-electron chi connectivity index (χ1n) is 9.45. The normalized spacial score (nSPS) is 16.0. The maximum Gasteiger partial charge on any atom is 0.256 e. The molecule has 2 N–H and O–H groups in total. The minimum Gasteiger partial charge on any atom is -0.361 e. The molecular formula is C22H27N3O2. The highest BCUT2D eigenvalue weighted by atomic mass is 16.2. The average molecular weight is 365 g/mol. The molecule has 1 aliphatic rings. The van der Waals surface area contributed by atoms with E-state index in [4.69, 9.17) is 0 Å². The largest absolute Gasteiger partial charge is 0.361 e. The summed E-state index contributed by atoms with van der Waals surface area (Å²) in [6, 6.07) is 15.2. The molecule has 142 valence electrons. The summed E-state index contributed by atoms with van der Waals surface area (Å²) in [5, 5.41) is 6.37. The third kappa shape index (κ3) is 3.97. The molecule has 2 aromatic carbocycles. The summed E-state index contributed by atoms with van der Waals surface area (Å²) in [5.74, 6) is 0.389. The molecule has 1 heterocycles. The molecule has 3 rings (SSSR count). The van der Waals surface area contributed by atoms with Crippen molar-refractivity contribution < 1.29 is 9.59 Å². The lowest BCUT2D eigenvalue weighted by Crippen LogP contribution is -2.37. The Balaban J connectivity index is 1.78. The standard InChI is InChI=1S/C22H27N3O2/c1-14(2)13-23-21(26)16-9-11-17(12-10-16)24-20-18-7-5-6-8-19(18)22(27)25(20)15(3)4/h5-12,14-15,20,24H,13H2,1-4H3,(H,23,26)/t20-/m0/s1. The number of carbonyl (C=O) groups excluding carboxylic acids is 2. The maximum atomic E-state index is 12.7. The highest BCUT2D eigenvalue weighted by molar-refractivity contribution is 5.99. The van der Waals surface area contributed by atoms with Gasteiger partial charge in [0, 0.05) is 35.0 Å². The number of hydrogen-bond acceptors (Lipinski definition) is 3. The van der Waals surface area contributed by atoms with Gasteiger partial charge in [0.25, 0.3) is 11.8 Å². The molecule has 2 aromatic rings. The first kappa shape index (κ1) is 19.0. The summed E-state index contributed by atoms with van der Waals surface area (Å²) in [5.41, 5.74) is 3.23. The van der Waals surface area contributed by atoms with Gasteiger partial charge in [-0.25, -0.2) is 0 Å². The number of anilines is 1. The van der Waals surface area contributed by atoms with Crippen LogP contribution in [-0.4, -0.2) is 29.3 Å². The minimum atomic E-state index is -0.214. The van der Waals surface area contributed by atoms with Gasteiger partial charge in [0.2, 0.25) is 0 Å². The summed E-state index contributed by atoms with van der Waals surface area (Å²) < 4.78 is 0. The number of rotatable bonds is 6. The van der Waals surface area contributed by atoms with E-state index in [0.717, 1.165) is 16.8 Å². The second kappa shape index (κ2) is 7.82. The van der Waals surface area contributed by atoms with Crippen LogP contribution < -0.4 is 10.6 Å². The Hall–Kier alpha value is -2.82. The van der Waals surface area contributed by atoms with Crippen molar-refractivity contribution in [1.82, 2.24) is 10.2 Å². The second-order valence-corrected chi connectivity index (χ2v) is 7.62. The van der Waals surface area contributed by atoms with Crippen LogP contribution in [0.2, 0.25) is 0 Å². The maximum absolute atomic E-state index is 12.7. The molecule has 0 bridgehead atoms. The first-order valence-corrected chi connectivity index (χ1v) is 9.45. The molecule has 1 atom stereocenters. The lowest BCUT2D eigenvalue weighted by molar-refractivity contribution is 0.0685. The summed E-state index contributed by atoms with van der Waals surface area (Å²) in [7, 11) is 0. The minimum absolute atomic E-state index is 0.0442. The Labute approximate surface area is 160 Å². The third-order valence-electron chi connectivity index (χ3n) is 4.68. The van der Waals surface area contributed by atoms with Crippen molar-refractivity contribution in [3.05, 3.63) is 65.2 Å². The Bertz CT molecular complexity index is 828. The van der Waals surface area contributed by atoms with Gasteiger partial charge in [0.1, 0.15) is 6.17 Å². The van der Waals surface area contributed by atoms with E-state index >= 15 is 0 Å². The molecule has 0 aliphatic carbocycles. The van der Waals surface area contributed by atoms with Crippen molar-refractivity contribution in [2.24, 2.45) is 5.92 Å². The third-order valence-corrected chi connectivity index (χ3v) is 4.68. The van der Waals surface area contributed by atoms with Gasteiger partial charge in [-0.1, -0.05) is 32.0 Å². The molecule has 0 spiro atoms. The number of benzene rings is 2. The molecule has 1 aliphatic heterocycles. The van der Waals surface area contributed by atoms with Crippen LogP contribution in [0.5, 0.6) is 0 Å². The zero-order valence-corrected chi connectivity index (χ0v) is 16.3. The first-order chi connectivity index (χ1) is 12.9. The van der Waals surface area contributed by atoms with Crippen molar-refractivity contribution >= 4 is 17.5 Å². The highest BCUT2D eigenvalue weighted by Gasteiger charge is 2.37. The number of fused-ring (bicyclic) bond motifs is 1. The van der Waals surface area contributed by atoms with E-state index in [9.17, 15) is 9.59 Å². The molecule has 5 nitrogen and oxygen atoms in total. The van der Waals surface area contributed by atoms with E-state index in [0.29, 0.717) is 18.0 Å². The van der Waals surface area contributed by atoms with E-state index in [2.05, 4.69) is 24.5 Å². The van der Waals surface area contributed by atoms with Gasteiger partial charge in [-0.15, -0.1) is 0 Å². The summed E-state index contributed by atoms with van der Waals surface area (Å²) >= 11 is 0. The Morgan fingerprint density at radius 2 is 1.70 bits per heavy atom. The van der Waals surface area contributed by atoms with Gasteiger partial charge in [-0.05, 0) is 50.1 Å². The predicted octanol–water partition coefficient (Wildman–Crippen LogP) is 4.05. The zero-order chi connectivity index (χ0) is 19.6. The van der Waals surface area contributed by atoms with Crippen LogP contribution in [0.25, 0.3) is 0 Å². The highest BCUT2D eigenvalue weighted by Crippen LogP contribution is 2.35. The van der Waals surface area contributed by atoms with E-state index in [1.54, 1.807) is 12.1 Å². The van der Waals surface area contributed by atoms with Gasteiger partial charge < -0.3 is 15.5 Å². The van der Waals surface area contributed by atoms with Gasteiger partial charge in [0.05, 0.1) is 0 Å². The number of carbonyl (C=O) groups is 2. The SMILES string of the molecule is CC(C)CNC(=O)c1ccc(N[C@@H]2c3ccccc3C(=O)N2C(C)C)cc1. The fraction of sp³-hybridized carbons (Fsp3) is 0.364. The smallest absolute Gasteiger partial charge is 0.256 e. The van der Waals surface area contributed by atoms with E-state index < -0.39 is 0 Å². The summed E-state index contributed by atoms with van der Waals surface area (Å²) in [6.45, 7) is 8.81. The van der Waals surface area contributed by atoms with Crippen LogP contribution >= 0.6 is 0 Å². The lowest BCUT2D eigenvalue weighted by atomic mass is 10.1. The second-order valence-electron chi connectivity index (χ2n) is 7.62. The Morgan fingerprint density at radius 1 is 1.04 bits per heavy atom. The topological polar surface area (TPSA) is 61.4 Å². The molecule has 2 amide bonds. The van der Waals surface area contributed by atoms with Crippen LogP contribution in [0.1, 0.15) is 60.1 Å². The van der Waals surface area contributed by atoms with Crippen molar-refractivity contribution in [1.29, 1.82) is 0 Å². The monoisotopic (exact) mass is 365 g/mol. The van der Waals surface area contributed by atoms with Crippen LogP contribution in [0.3, 0.4) is 0 Å². The molecule has 0 saturated carbocycles. The summed E-state index contributed by atoms with van der Waals surface area (Å²) in [4.78, 5) is 26.8. The van der Waals surface area contributed by atoms with Gasteiger partial charge in [0.15, 0.2) is 0 Å². The Morgan fingerprint density at radius 3 is 2.33 bits per heavy atom. The van der Waals surface area contributed by atoms with Gasteiger partial charge >= 0.3 is 0 Å². The van der Waals surface area contributed by atoms with Crippen LogP contribution in [0, 0.1) is 5.92 Å². The molecule has 0 unspecified atom stereocenters.